The molecule has 0 saturated carbocycles. The largest absolute Gasteiger partial charge is 0.310 e. The smallest absolute Gasteiger partial charge is 0.205 e. The standard InChI is InChI=1S/C5H8Cl3N/c6-5(7,8)4-2-1-3-9-4/h4,9H,1-3H2. The van der Waals surface area contributed by atoms with Gasteiger partial charge in [-0.1, -0.05) is 34.8 Å². The zero-order valence-corrected chi connectivity index (χ0v) is 7.10. The van der Waals surface area contributed by atoms with Crippen LogP contribution < -0.4 is 5.32 Å². The van der Waals surface area contributed by atoms with Gasteiger partial charge in [0.25, 0.3) is 0 Å². The van der Waals surface area contributed by atoms with Gasteiger partial charge in [-0.2, -0.15) is 0 Å². The Bertz CT molecular complexity index is 92.9. The monoisotopic (exact) mass is 187 g/mol. The summed E-state index contributed by atoms with van der Waals surface area (Å²) >= 11 is 16.8. The number of hydrogen-bond acceptors (Lipinski definition) is 1. The molecule has 1 fully saturated rings. The number of hydrogen-bond donors (Lipinski definition) is 1. The lowest BCUT2D eigenvalue weighted by molar-refractivity contribution is 0.618. The van der Waals surface area contributed by atoms with Crippen molar-refractivity contribution in [2.24, 2.45) is 0 Å². The normalized spacial score (nSPS) is 29.0. The van der Waals surface area contributed by atoms with E-state index in [2.05, 4.69) is 5.32 Å². The molecule has 1 aliphatic heterocycles. The van der Waals surface area contributed by atoms with E-state index in [1.54, 1.807) is 0 Å². The lowest BCUT2D eigenvalue weighted by atomic mass is 10.2. The van der Waals surface area contributed by atoms with Gasteiger partial charge in [0.1, 0.15) is 0 Å². The SMILES string of the molecule is ClC(Cl)(Cl)C1CCCN1. The third-order valence-electron chi connectivity index (χ3n) is 1.46. The van der Waals surface area contributed by atoms with Crippen molar-refractivity contribution in [3.8, 4) is 0 Å². The second-order valence-electron chi connectivity index (χ2n) is 2.19. The molecule has 0 aromatic rings. The molecule has 0 aliphatic carbocycles. The van der Waals surface area contributed by atoms with Gasteiger partial charge in [-0.15, -0.1) is 0 Å². The molecule has 0 radical (unpaired) electrons. The lowest BCUT2D eigenvalue weighted by Crippen LogP contribution is -2.34. The highest BCUT2D eigenvalue weighted by Gasteiger charge is 2.33. The maximum absolute atomic E-state index is 5.61. The lowest BCUT2D eigenvalue weighted by Gasteiger charge is -2.18. The minimum Gasteiger partial charge on any atom is -0.310 e. The molecule has 0 spiro atoms. The van der Waals surface area contributed by atoms with E-state index in [4.69, 9.17) is 34.8 Å². The molecular weight excluding hydrogens is 180 g/mol. The summed E-state index contributed by atoms with van der Waals surface area (Å²) < 4.78 is -1.11. The Labute approximate surface area is 69.7 Å². The first-order valence-electron chi connectivity index (χ1n) is 2.91. The third-order valence-corrected chi connectivity index (χ3v) is 2.25. The summed E-state index contributed by atoms with van der Waals surface area (Å²) in [5.74, 6) is 0. The Hall–Kier alpha value is 0.830. The van der Waals surface area contributed by atoms with Gasteiger partial charge in [-0.3, -0.25) is 0 Å². The second kappa shape index (κ2) is 2.83. The van der Waals surface area contributed by atoms with Crippen LogP contribution in [-0.4, -0.2) is 16.4 Å². The van der Waals surface area contributed by atoms with Crippen LogP contribution in [0.1, 0.15) is 12.8 Å². The van der Waals surface area contributed by atoms with E-state index < -0.39 is 3.79 Å². The van der Waals surface area contributed by atoms with Crippen molar-refractivity contribution in [3.05, 3.63) is 0 Å². The molecule has 0 amide bonds. The van der Waals surface area contributed by atoms with Gasteiger partial charge in [0.05, 0.1) is 6.04 Å². The molecular formula is C5H8Cl3N. The van der Waals surface area contributed by atoms with Crippen LogP contribution >= 0.6 is 34.8 Å². The third kappa shape index (κ3) is 2.15. The number of nitrogens with one attached hydrogen (secondary N) is 1. The second-order valence-corrected chi connectivity index (χ2v) is 4.56. The molecule has 1 nitrogen and oxygen atoms in total. The van der Waals surface area contributed by atoms with Crippen molar-refractivity contribution < 1.29 is 0 Å². The van der Waals surface area contributed by atoms with Gasteiger partial charge in [0, 0.05) is 0 Å². The summed E-state index contributed by atoms with van der Waals surface area (Å²) in [6.45, 7) is 0.971. The minimum atomic E-state index is -1.11. The van der Waals surface area contributed by atoms with Crippen LogP contribution in [0.25, 0.3) is 0 Å². The van der Waals surface area contributed by atoms with Gasteiger partial charge >= 0.3 is 0 Å². The Kier molecular flexibility index (Phi) is 2.49. The maximum Gasteiger partial charge on any atom is 0.205 e. The highest BCUT2D eigenvalue weighted by atomic mass is 35.6. The van der Waals surface area contributed by atoms with E-state index in [-0.39, 0.29) is 6.04 Å². The van der Waals surface area contributed by atoms with Crippen LogP contribution in [0.3, 0.4) is 0 Å². The first kappa shape index (κ1) is 7.93. The molecule has 1 saturated heterocycles. The fourth-order valence-corrected chi connectivity index (χ4v) is 1.52. The van der Waals surface area contributed by atoms with Crippen molar-refractivity contribution in [2.75, 3.05) is 6.54 Å². The number of alkyl halides is 3. The van der Waals surface area contributed by atoms with E-state index in [0.717, 1.165) is 19.4 Å². The van der Waals surface area contributed by atoms with Gasteiger partial charge in [-0.05, 0) is 19.4 Å². The first-order chi connectivity index (χ1) is 4.11. The molecule has 0 aromatic carbocycles. The molecule has 1 atom stereocenters. The van der Waals surface area contributed by atoms with E-state index in [1.165, 1.54) is 0 Å². The van der Waals surface area contributed by atoms with Gasteiger partial charge < -0.3 is 5.32 Å². The summed E-state index contributed by atoms with van der Waals surface area (Å²) in [5.41, 5.74) is 0. The predicted molar refractivity (Wildman–Crippen MR) is 41.3 cm³/mol. The van der Waals surface area contributed by atoms with Crippen molar-refractivity contribution in [3.63, 3.8) is 0 Å². The number of rotatable bonds is 0. The average molecular weight is 188 g/mol. The fourth-order valence-electron chi connectivity index (χ4n) is 0.964. The highest BCUT2D eigenvalue weighted by Crippen LogP contribution is 2.34. The summed E-state index contributed by atoms with van der Waals surface area (Å²) in [5, 5.41) is 3.10. The molecule has 0 bridgehead atoms. The van der Waals surface area contributed by atoms with Gasteiger partial charge in [0.2, 0.25) is 3.79 Å². The summed E-state index contributed by atoms with van der Waals surface area (Å²) in [6, 6.07) is 0.0579. The van der Waals surface area contributed by atoms with Crippen LogP contribution in [0.4, 0.5) is 0 Å². The Morgan fingerprint density at radius 1 is 1.33 bits per heavy atom. The Balaban J connectivity index is 2.42. The van der Waals surface area contributed by atoms with Crippen molar-refractivity contribution in [1.29, 1.82) is 0 Å². The molecule has 1 N–H and O–H groups in total. The molecule has 1 heterocycles. The number of halogens is 3. The Morgan fingerprint density at radius 2 is 2.00 bits per heavy atom. The fraction of sp³-hybridized carbons (Fsp3) is 1.00. The van der Waals surface area contributed by atoms with Crippen LogP contribution in [0.5, 0.6) is 0 Å². The van der Waals surface area contributed by atoms with E-state index in [0.29, 0.717) is 0 Å². The Morgan fingerprint density at radius 3 is 2.22 bits per heavy atom. The molecule has 0 aromatic heterocycles. The van der Waals surface area contributed by atoms with E-state index >= 15 is 0 Å². The highest BCUT2D eigenvalue weighted by molar-refractivity contribution is 6.68. The van der Waals surface area contributed by atoms with Gasteiger partial charge in [0.15, 0.2) is 0 Å². The van der Waals surface area contributed by atoms with Crippen LogP contribution in [-0.2, 0) is 0 Å². The topological polar surface area (TPSA) is 12.0 Å². The molecule has 9 heavy (non-hydrogen) atoms. The van der Waals surface area contributed by atoms with Gasteiger partial charge in [-0.25, -0.2) is 0 Å². The van der Waals surface area contributed by atoms with Crippen molar-refractivity contribution in [1.82, 2.24) is 5.32 Å². The molecule has 1 aliphatic rings. The summed E-state index contributed by atoms with van der Waals surface area (Å²) in [6.07, 6.45) is 2.08. The van der Waals surface area contributed by atoms with Crippen LogP contribution in [0.15, 0.2) is 0 Å². The van der Waals surface area contributed by atoms with Crippen molar-refractivity contribution >= 4 is 34.8 Å². The first-order valence-corrected chi connectivity index (χ1v) is 4.04. The summed E-state index contributed by atoms with van der Waals surface area (Å²) in [7, 11) is 0. The van der Waals surface area contributed by atoms with Crippen molar-refractivity contribution in [2.45, 2.75) is 22.7 Å². The average Bonchev–Trinajstić information content (AvgIpc) is 2.08. The minimum absolute atomic E-state index is 0.0579. The van der Waals surface area contributed by atoms with E-state index in [9.17, 15) is 0 Å². The van der Waals surface area contributed by atoms with Crippen LogP contribution in [0, 0.1) is 0 Å². The maximum atomic E-state index is 5.61. The molecule has 1 rings (SSSR count). The van der Waals surface area contributed by atoms with Crippen LogP contribution in [0.2, 0.25) is 0 Å². The van der Waals surface area contributed by atoms with E-state index in [1.807, 2.05) is 0 Å². The molecule has 54 valence electrons. The zero-order chi connectivity index (χ0) is 6.91. The molecule has 4 heteroatoms. The molecule has 1 unspecified atom stereocenters. The quantitative estimate of drug-likeness (QED) is 0.574. The predicted octanol–water partition coefficient (Wildman–Crippen LogP) is 2.11. The zero-order valence-electron chi connectivity index (χ0n) is 4.83. The summed E-state index contributed by atoms with van der Waals surface area (Å²) in [4.78, 5) is 0.